The number of para-hydroxylation sites is 4. The van der Waals surface area contributed by atoms with Crippen molar-refractivity contribution in [3.8, 4) is 28.5 Å². The van der Waals surface area contributed by atoms with Crippen LogP contribution in [-0.4, -0.2) is 29.1 Å². The molecule has 7 aromatic rings. The van der Waals surface area contributed by atoms with E-state index in [1.54, 1.807) is 0 Å². The van der Waals surface area contributed by atoms with Crippen LogP contribution in [0.2, 0.25) is 0 Å². The van der Waals surface area contributed by atoms with Crippen LogP contribution in [0.15, 0.2) is 95.5 Å². The van der Waals surface area contributed by atoms with Gasteiger partial charge in [-0.15, -0.1) is 0 Å². The van der Waals surface area contributed by atoms with E-state index in [0.717, 1.165) is 33.3 Å². The molecule has 162 valence electrons. The summed E-state index contributed by atoms with van der Waals surface area (Å²) in [5, 5.41) is 5.91. The number of benzene rings is 3. The molecule has 0 atom stereocenters. The number of nitrogens with zero attached hydrogens (tertiary/aromatic N) is 6. The van der Waals surface area contributed by atoms with Gasteiger partial charge in [0.05, 0.1) is 22.3 Å². The smallest absolute Gasteiger partial charge is 0.239 e. The zero-order valence-electron chi connectivity index (χ0n) is 17.8. The maximum Gasteiger partial charge on any atom is 0.239 e. The van der Waals surface area contributed by atoms with Gasteiger partial charge in [0.15, 0.2) is 11.6 Å². The Morgan fingerprint density at radius 2 is 1.59 bits per heavy atom. The number of anilines is 1. The Morgan fingerprint density at radius 3 is 2.47 bits per heavy atom. The van der Waals surface area contributed by atoms with Gasteiger partial charge < -0.3 is 10.2 Å². The third-order valence-corrected chi connectivity index (χ3v) is 5.82. The van der Waals surface area contributed by atoms with Crippen molar-refractivity contribution >= 4 is 33.7 Å². The number of hydrogen-bond acceptors (Lipinski definition) is 6. The molecular weight excluding hydrogens is 426 g/mol. The molecule has 0 amide bonds. The second-order valence-electron chi connectivity index (χ2n) is 7.96. The fraction of sp³-hybridized carbons (Fsp3) is 0. The van der Waals surface area contributed by atoms with Crippen LogP contribution in [0.1, 0.15) is 0 Å². The van der Waals surface area contributed by atoms with Crippen LogP contribution in [0.25, 0.3) is 56.3 Å². The van der Waals surface area contributed by atoms with Crippen molar-refractivity contribution in [1.29, 1.82) is 0 Å². The van der Waals surface area contributed by atoms with Crippen molar-refractivity contribution in [2.24, 2.45) is 0 Å². The van der Waals surface area contributed by atoms with Crippen molar-refractivity contribution in [2.45, 2.75) is 0 Å². The molecule has 34 heavy (non-hydrogen) atoms. The number of furan rings is 1. The molecule has 3 aromatic carbocycles. The van der Waals surface area contributed by atoms with Gasteiger partial charge in [0.25, 0.3) is 0 Å². The number of hydrogen-bond donors (Lipinski definition) is 1. The quantitative estimate of drug-likeness (QED) is 0.407. The Balaban J connectivity index is 1.56. The Bertz CT molecular complexity index is 1800. The maximum absolute atomic E-state index is 6.20. The molecule has 2 N–H and O–H groups in total. The van der Waals surface area contributed by atoms with Crippen LogP contribution in [0.5, 0.6) is 0 Å². The van der Waals surface area contributed by atoms with Gasteiger partial charge in [0.2, 0.25) is 11.7 Å². The van der Waals surface area contributed by atoms with E-state index >= 15 is 0 Å². The van der Waals surface area contributed by atoms with E-state index in [1.807, 2.05) is 100 Å². The number of nitrogen functional groups attached to an aromatic ring is 1. The molecule has 8 heteroatoms. The first kappa shape index (κ1) is 18.6. The molecule has 8 nitrogen and oxygen atoms in total. The molecule has 0 fully saturated rings. The second kappa shape index (κ2) is 7.01. The van der Waals surface area contributed by atoms with E-state index in [2.05, 4.69) is 15.0 Å². The largest absolute Gasteiger partial charge is 0.454 e. The number of imidazole rings is 1. The first-order valence-corrected chi connectivity index (χ1v) is 10.8. The zero-order chi connectivity index (χ0) is 22.6. The van der Waals surface area contributed by atoms with Crippen molar-refractivity contribution < 1.29 is 4.42 Å². The Kier molecular flexibility index (Phi) is 3.83. The van der Waals surface area contributed by atoms with Crippen LogP contribution in [0.3, 0.4) is 0 Å². The highest BCUT2D eigenvalue weighted by Gasteiger charge is 2.23. The highest BCUT2D eigenvalue weighted by molar-refractivity contribution is 5.88. The minimum absolute atomic E-state index is 0.140. The topological polar surface area (TPSA) is 100 Å². The predicted octanol–water partition coefficient (Wildman–Crippen LogP) is 5.13. The van der Waals surface area contributed by atoms with Crippen molar-refractivity contribution in [3.63, 3.8) is 0 Å². The Labute approximate surface area is 192 Å². The molecule has 0 aliphatic heterocycles. The first-order chi connectivity index (χ1) is 16.7. The summed E-state index contributed by atoms with van der Waals surface area (Å²) in [5.41, 5.74) is 10.9. The average Bonchev–Trinajstić information content (AvgIpc) is 3.58. The van der Waals surface area contributed by atoms with Gasteiger partial charge in [-0.2, -0.15) is 15.1 Å². The van der Waals surface area contributed by atoms with Gasteiger partial charge in [-0.25, -0.2) is 9.67 Å². The molecule has 0 radical (unpaired) electrons. The van der Waals surface area contributed by atoms with E-state index in [1.165, 1.54) is 0 Å². The lowest BCUT2D eigenvalue weighted by Gasteiger charge is -2.05. The van der Waals surface area contributed by atoms with Crippen molar-refractivity contribution in [3.05, 3.63) is 91.1 Å². The molecule has 0 aliphatic carbocycles. The lowest BCUT2D eigenvalue weighted by atomic mass is 10.1. The summed E-state index contributed by atoms with van der Waals surface area (Å²) < 4.78 is 9.93. The summed E-state index contributed by atoms with van der Waals surface area (Å²) in [7, 11) is 0. The Morgan fingerprint density at radius 1 is 0.794 bits per heavy atom. The lowest BCUT2D eigenvalue weighted by Crippen LogP contribution is -2.04. The minimum atomic E-state index is 0.140. The summed E-state index contributed by atoms with van der Waals surface area (Å²) in [4.78, 5) is 13.7. The molecule has 0 spiro atoms. The standard InChI is InChI=1S/C26H17N7O/c27-25-29-24(33-20-12-6-5-11-19(20)28-26(33)30-25)18-15-32(17-9-2-1-3-10-17)31-23(18)22-14-16-8-4-7-13-21(16)34-22/h1-15H,(H2,27,28,30). The molecule has 0 unspecified atom stereocenters. The first-order valence-electron chi connectivity index (χ1n) is 10.8. The highest BCUT2D eigenvalue weighted by Crippen LogP contribution is 2.35. The molecule has 7 rings (SSSR count). The SMILES string of the molecule is Nc1nc(-c2cn(-c3ccccc3)nc2-c2cc3ccccc3o2)n2c(n1)nc1ccccc12. The summed E-state index contributed by atoms with van der Waals surface area (Å²) in [5.74, 6) is 1.85. The summed E-state index contributed by atoms with van der Waals surface area (Å²) in [6, 6.07) is 27.6. The lowest BCUT2D eigenvalue weighted by molar-refractivity contribution is 0.627. The van der Waals surface area contributed by atoms with Gasteiger partial charge in [-0.1, -0.05) is 48.5 Å². The zero-order valence-corrected chi connectivity index (χ0v) is 17.8. The van der Waals surface area contributed by atoms with Crippen molar-refractivity contribution in [1.82, 2.24) is 29.1 Å². The average molecular weight is 443 g/mol. The van der Waals surface area contributed by atoms with Gasteiger partial charge in [-0.3, -0.25) is 4.40 Å². The molecular formula is C26H17N7O. The van der Waals surface area contributed by atoms with E-state index in [4.69, 9.17) is 15.2 Å². The van der Waals surface area contributed by atoms with E-state index in [-0.39, 0.29) is 5.95 Å². The molecule has 0 aliphatic rings. The summed E-state index contributed by atoms with van der Waals surface area (Å²) in [6.45, 7) is 0. The third kappa shape index (κ3) is 2.79. The van der Waals surface area contributed by atoms with Crippen LogP contribution >= 0.6 is 0 Å². The third-order valence-electron chi connectivity index (χ3n) is 5.82. The fourth-order valence-electron chi connectivity index (χ4n) is 4.29. The molecule has 0 saturated heterocycles. The number of fused-ring (bicyclic) bond motifs is 4. The minimum Gasteiger partial charge on any atom is -0.454 e. The van der Waals surface area contributed by atoms with Crippen LogP contribution in [0, 0.1) is 0 Å². The second-order valence-corrected chi connectivity index (χ2v) is 7.96. The van der Waals surface area contributed by atoms with Gasteiger partial charge in [-0.05, 0) is 36.4 Å². The van der Waals surface area contributed by atoms with Gasteiger partial charge >= 0.3 is 0 Å². The van der Waals surface area contributed by atoms with Crippen molar-refractivity contribution in [2.75, 3.05) is 5.73 Å². The van der Waals surface area contributed by atoms with E-state index in [9.17, 15) is 0 Å². The number of aromatic nitrogens is 6. The van der Waals surface area contributed by atoms with E-state index in [0.29, 0.717) is 23.1 Å². The highest BCUT2D eigenvalue weighted by atomic mass is 16.3. The monoisotopic (exact) mass is 443 g/mol. The number of rotatable bonds is 3. The van der Waals surface area contributed by atoms with Crippen LogP contribution in [-0.2, 0) is 0 Å². The molecule has 0 bridgehead atoms. The van der Waals surface area contributed by atoms with E-state index < -0.39 is 0 Å². The molecule has 4 aromatic heterocycles. The number of nitrogens with two attached hydrogens (primary N) is 1. The van der Waals surface area contributed by atoms with Crippen LogP contribution < -0.4 is 5.73 Å². The predicted molar refractivity (Wildman–Crippen MR) is 130 cm³/mol. The molecule has 0 saturated carbocycles. The Hall–Kier alpha value is -4.98. The summed E-state index contributed by atoms with van der Waals surface area (Å²) >= 11 is 0. The summed E-state index contributed by atoms with van der Waals surface area (Å²) in [6.07, 6.45) is 1.94. The molecule has 4 heterocycles. The van der Waals surface area contributed by atoms with Gasteiger partial charge in [0.1, 0.15) is 11.3 Å². The maximum atomic E-state index is 6.20. The van der Waals surface area contributed by atoms with Crippen LogP contribution in [0.4, 0.5) is 5.95 Å². The fourth-order valence-corrected chi connectivity index (χ4v) is 4.29. The van der Waals surface area contributed by atoms with Gasteiger partial charge in [0, 0.05) is 11.6 Å². The normalized spacial score (nSPS) is 11.6.